The van der Waals surface area contributed by atoms with Crippen molar-refractivity contribution in [2.75, 3.05) is 26.2 Å². The van der Waals surface area contributed by atoms with E-state index >= 15 is 0 Å². The van der Waals surface area contributed by atoms with E-state index < -0.39 is 6.04 Å². The van der Waals surface area contributed by atoms with Crippen LogP contribution in [-0.4, -0.2) is 64.9 Å². The van der Waals surface area contributed by atoms with Crippen LogP contribution in [0, 0.1) is 12.8 Å². The summed E-state index contributed by atoms with van der Waals surface area (Å²) in [4.78, 5) is 34.6. The standard InChI is InChI=1S/C26H37N5O2/c1-19(2)17-30(18-22-8-5-4-7-20(22)3)23-10-14-31(24(15-23)25(32)29-13-11-27)26(33)21-9-6-12-28-16-21/h4-9,12,16,19,23-24H,10-11,13-15,17-18,27H2,1-3H3,(H,29,32)/t23?,24-/m1/s1. The number of benzene rings is 1. The van der Waals surface area contributed by atoms with Crippen LogP contribution in [0.15, 0.2) is 48.8 Å². The van der Waals surface area contributed by atoms with Crippen LogP contribution in [0.25, 0.3) is 0 Å². The summed E-state index contributed by atoms with van der Waals surface area (Å²) >= 11 is 0. The Morgan fingerprint density at radius 1 is 1.24 bits per heavy atom. The number of hydrogen-bond acceptors (Lipinski definition) is 5. The molecule has 2 atom stereocenters. The summed E-state index contributed by atoms with van der Waals surface area (Å²) < 4.78 is 0. The minimum atomic E-state index is -0.533. The minimum Gasteiger partial charge on any atom is -0.353 e. The number of aryl methyl sites for hydroxylation is 1. The van der Waals surface area contributed by atoms with Gasteiger partial charge in [-0.3, -0.25) is 19.5 Å². The molecule has 0 spiro atoms. The third kappa shape index (κ3) is 6.62. The van der Waals surface area contributed by atoms with Crippen molar-refractivity contribution in [2.45, 2.75) is 52.2 Å². The van der Waals surface area contributed by atoms with E-state index in [1.807, 2.05) is 0 Å². The van der Waals surface area contributed by atoms with Gasteiger partial charge in [0, 0.05) is 51.2 Å². The van der Waals surface area contributed by atoms with Crippen LogP contribution in [0.1, 0.15) is 48.2 Å². The highest BCUT2D eigenvalue weighted by Gasteiger charge is 2.38. The second kappa shape index (κ2) is 11.9. The van der Waals surface area contributed by atoms with Gasteiger partial charge in [-0.1, -0.05) is 38.1 Å². The lowest BCUT2D eigenvalue weighted by Crippen LogP contribution is -2.58. The van der Waals surface area contributed by atoms with Gasteiger partial charge in [0.05, 0.1) is 5.56 Å². The van der Waals surface area contributed by atoms with Gasteiger partial charge in [0.2, 0.25) is 5.91 Å². The van der Waals surface area contributed by atoms with Crippen LogP contribution in [-0.2, 0) is 11.3 Å². The van der Waals surface area contributed by atoms with Crippen molar-refractivity contribution in [1.82, 2.24) is 20.1 Å². The summed E-state index contributed by atoms with van der Waals surface area (Å²) in [6, 6.07) is 11.6. The fourth-order valence-corrected chi connectivity index (χ4v) is 4.56. The van der Waals surface area contributed by atoms with Crippen molar-refractivity contribution in [3.05, 3.63) is 65.5 Å². The second-order valence-corrected chi connectivity index (χ2v) is 9.26. The summed E-state index contributed by atoms with van der Waals surface area (Å²) in [7, 11) is 0. The number of aromatic nitrogens is 1. The van der Waals surface area contributed by atoms with Crippen molar-refractivity contribution < 1.29 is 9.59 Å². The third-order valence-corrected chi connectivity index (χ3v) is 6.24. The number of carbonyl (C=O) groups is 2. The van der Waals surface area contributed by atoms with Crippen molar-refractivity contribution >= 4 is 11.8 Å². The Balaban J connectivity index is 1.83. The lowest BCUT2D eigenvalue weighted by molar-refractivity contribution is -0.127. The number of nitrogens with two attached hydrogens (primary N) is 1. The molecule has 3 N–H and O–H groups in total. The van der Waals surface area contributed by atoms with Crippen LogP contribution in [0.4, 0.5) is 0 Å². The molecular weight excluding hydrogens is 414 g/mol. The van der Waals surface area contributed by atoms with E-state index in [0.29, 0.717) is 37.5 Å². The maximum Gasteiger partial charge on any atom is 0.256 e. The van der Waals surface area contributed by atoms with Crippen molar-refractivity contribution in [3.8, 4) is 0 Å². The Morgan fingerprint density at radius 3 is 2.70 bits per heavy atom. The number of carbonyl (C=O) groups excluding carboxylic acids is 2. The number of rotatable bonds is 9. The fraction of sp³-hybridized carbons (Fsp3) is 0.500. The summed E-state index contributed by atoms with van der Waals surface area (Å²) in [5.41, 5.74) is 8.69. The predicted molar refractivity (Wildman–Crippen MR) is 131 cm³/mol. The molecule has 1 aliphatic heterocycles. The van der Waals surface area contributed by atoms with Crippen molar-refractivity contribution in [2.24, 2.45) is 11.7 Å². The van der Waals surface area contributed by atoms with Gasteiger partial charge in [-0.25, -0.2) is 0 Å². The smallest absolute Gasteiger partial charge is 0.256 e. The first-order valence-corrected chi connectivity index (χ1v) is 11.9. The SMILES string of the molecule is Cc1ccccc1CN(CC(C)C)C1CCN(C(=O)c2cccnc2)[C@@H](C(=O)NCCN)C1. The molecule has 2 heterocycles. The molecule has 7 heteroatoms. The zero-order valence-corrected chi connectivity index (χ0v) is 20.0. The molecular formula is C26H37N5O2. The molecule has 3 rings (SSSR count). The van der Waals surface area contributed by atoms with Crippen molar-refractivity contribution in [1.29, 1.82) is 0 Å². The van der Waals surface area contributed by atoms with Gasteiger partial charge in [0.25, 0.3) is 5.91 Å². The maximum absolute atomic E-state index is 13.2. The van der Waals surface area contributed by atoms with E-state index in [-0.39, 0.29) is 17.9 Å². The molecule has 0 radical (unpaired) electrons. The zero-order valence-electron chi connectivity index (χ0n) is 20.0. The molecule has 0 saturated carbocycles. The lowest BCUT2D eigenvalue weighted by Gasteiger charge is -2.43. The van der Waals surface area contributed by atoms with E-state index in [4.69, 9.17) is 5.73 Å². The molecule has 178 valence electrons. The van der Waals surface area contributed by atoms with Gasteiger partial charge < -0.3 is 16.0 Å². The third-order valence-electron chi connectivity index (χ3n) is 6.24. The molecule has 0 aliphatic carbocycles. The summed E-state index contributed by atoms with van der Waals surface area (Å²) in [6.45, 7) is 9.65. The molecule has 1 fully saturated rings. The van der Waals surface area contributed by atoms with Gasteiger partial charge in [0.15, 0.2) is 0 Å². The first kappa shape index (κ1) is 24.9. The van der Waals surface area contributed by atoms with Crippen LogP contribution in [0.5, 0.6) is 0 Å². The second-order valence-electron chi connectivity index (χ2n) is 9.26. The molecule has 1 aromatic heterocycles. The number of amides is 2. The van der Waals surface area contributed by atoms with Gasteiger partial charge in [0.1, 0.15) is 6.04 Å². The zero-order chi connectivity index (χ0) is 23.8. The minimum absolute atomic E-state index is 0.136. The normalized spacial score (nSPS) is 18.5. The number of nitrogens with zero attached hydrogens (tertiary/aromatic N) is 3. The molecule has 1 unspecified atom stereocenters. The highest BCUT2D eigenvalue weighted by atomic mass is 16.2. The Bertz CT molecular complexity index is 918. The Hall–Kier alpha value is -2.77. The molecule has 33 heavy (non-hydrogen) atoms. The summed E-state index contributed by atoms with van der Waals surface area (Å²) in [6.07, 6.45) is 4.63. The topological polar surface area (TPSA) is 91.6 Å². The van der Waals surface area contributed by atoms with E-state index in [1.54, 1.807) is 29.4 Å². The average molecular weight is 452 g/mol. The van der Waals surface area contributed by atoms with Crippen LogP contribution >= 0.6 is 0 Å². The van der Waals surface area contributed by atoms with Crippen LogP contribution in [0.2, 0.25) is 0 Å². The van der Waals surface area contributed by atoms with Gasteiger partial charge >= 0.3 is 0 Å². The molecule has 0 bridgehead atoms. The molecule has 2 amide bonds. The fourth-order valence-electron chi connectivity index (χ4n) is 4.56. The molecule has 7 nitrogen and oxygen atoms in total. The highest BCUT2D eigenvalue weighted by Crippen LogP contribution is 2.27. The number of nitrogens with one attached hydrogen (secondary N) is 1. The molecule has 1 aliphatic rings. The lowest BCUT2D eigenvalue weighted by atomic mass is 9.92. The van der Waals surface area contributed by atoms with E-state index in [2.05, 4.69) is 60.2 Å². The van der Waals surface area contributed by atoms with Gasteiger partial charge in [-0.15, -0.1) is 0 Å². The highest BCUT2D eigenvalue weighted by molar-refractivity contribution is 5.97. The quantitative estimate of drug-likeness (QED) is 0.612. The molecule has 2 aromatic rings. The Kier molecular flexibility index (Phi) is 8.97. The number of pyridine rings is 1. The van der Waals surface area contributed by atoms with E-state index in [1.165, 1.54) is 11.1 Å². The van der Waals surface area contributed by atoms with E-state index in [0.717, 1.165) is 19.5 Å². The van der Waals surface area contributed by atoms with Gasteiger partial charge in [-0.2, -0.15) is 0 Å². The van der Waals surface area contributed by atoms with Crippen LogP contribution in [0.3, 0.4) is 0 Å². The predicted octanol–water partition coefficient (Wildman–Crippen LogP) is 2.60. The van der Waals surface area contributed by atoms with Crippen molar-refractivity contribution in [3.63, 3.8) is 0 Å². The number of piperidine rings is 1. The number of hydrogen-bond donors (Lipinski definition) is 2. The maximum atomic E-state index is 13.2. The van der Waals surface area contributed by atoms with Gasteiger partial charge in [-0.05, 0) is 48.9 Å². The number of likely N-dealkylation sites (tertiary alicyclic amines) is 1. The monoisotopic (exact) mass is 451 g/mol. The molecule has 1 aromatic carbocycles. The first-order chi connectivity index (χ1) is 15.9. The van der Waals surface area contributed by atoms with E-state index in [9.17, 15) is 9.59 Å². The average Bonchev–Trinajstić information content (AvgIpc) is 2.83. The van der Waals surface area contributed by atoms with Crippen LogP contribution < -0.4 is 11.1 Å². The largest absolute Gasteiger partial charge is 0.353 e. The summed E-state index contributed by atoms with van der Waals surface area (Å²) in [5, 5.41) is 2.91. The Morgan fingerprint density at radius 2 is 2.03 bits per heavy atom. The Labute approximate surface area is 197 Å². The summed E-state index contributed by atoms with van der Waals surface area (Å²) in [5.74, 6) is 0.208. The molecule has 1 saturated heterocycles. The first-order valence-electron chi connectivity index (χ1n) is 11.9.